The van der Waals surface area contributed by atoms with Crippen molar-refractivity contribution < 1.29 is 28.2 Å². The van der Waals surface area contributed by atoms with Gasteiger partial charge in [0.1, 0.15) is 29.5 Å². The summed E-state index contributed by atoms with van der Waals surface area (Å²) in [4.78, 5) is 22.7. The first-order valence-electron chi connectivity index (χ1n) is 13.5. The molecule has 3 atom stereocenters. The molecular formula is C31H36Br2O6. The van der Waals surface area contributed by atoms with Crippen LogP contribution in [-0.2, 0) is 31.9 Å². The number of methoxy groups -OCH3 is 1. The summed E-state index contributed by atoms with van der Waals surface area (Å²) in [5.41, 5.74) is 6.13. The Bertz CT molecular complexity index is 1330. The van der Waals surface area contributed by atoms with Gasteiger partial charge in [-0.05, 0) is 137 Å². The normalized spacial score (nSPS) is 18.3. The smallest absolute Gasteiger partial charge is 0.191 e. The summed E-state index contributed by atoms with van der Waals surface area (Å²) in [6.07, 6.45) is 6.79. The van der Waals surface area contributed by atoms with Crippen molar-refractivity contribution in [3.63, 3.8) is 0 Å². The summed E-state index contributed by atoms with van der Waals surface area (Å²) in [6, 6.07) is 8.31. The Morgan fingerprint density at radius 3 is 2.36 bits per heavy atom. The van der Waals surface area contributed by atoms with Crippen LogP contribution >= 0.6 is 31.9 Å². The number of hydrogen-bond acceptors (Lipinski definition) is 6. The number of aryl methyl sites for hydroxylation is 2. The summed E-state index contributed by atoms with van der Waals surface area (Å²) in [6.45, 7) is 6.15. The Morgan fingerprint density at radius 2 is 1.67 bits per heavy atom. The van der Waals surface area contributed by atoms with Crippen LogP contribution < -0.4 is 4.74 Å². The molecule has 5 rings (SSSR count). The largest absolute Gasteiger partial charge is 0.487 e. The molecule has 2 aliphatic rings. The minimum Gasteiger partial charge on any atom is -0.487 e. The average Bonchev–Trinajstić information content (AvgIpc) is 3.61. The number of hydrogen-bond donors (Lipinski definition) is 0. The van der Waals surface area contributed by atoms with Gasteiger partial charge in [0, 0.05) is 31.9 Å². The van der Waals surface area contributed by atoms with Gasteiger partial charge in [-0.3, -0.25) is 0 Å². The van der Waals surface area contributed by atoms with E-state index in [1.54, 1.807) is 27.2 Å². The lowest BCUT2D eigenvalue weighted by atomic mass is 9.93. The van der Waals surface area contributed by atoms with Crippen LogP contribution in [0.3, 0.4) is 0 Å². The second-order valence-electron chi connectivity index (χ2n) is 10.3. The maximum Gasteiger partial charge on any atom is 0.191 e. The molecule has 1 aromatic heterocycles. The monoisotopic (exact) mass is 662 g/mol. The molecule has 0 bridgehead atoms. The molecular weight excluding hydrogens is 628 g/mol. The standard InChI is InChI=1S/C17H23BrO4.C14H13BrO2/c1-4-21-17(20-3)10-22-16-9-14-12(7-11(2)19)5-6-13(14)8-15(16)18;1-8(16)6-9-2-3-10-7-12(15)14-11(13(9)10)4-5-17-14/h8-9,12,17H,4-7,10H2,1-3H3;4-5,7,9H,2-3,6H2,1H3. The van der Waals surface area contributed by atoms with Gasteiger partial charge in [-0.25, -0.2) is 0 Å². The minimum absolute atomic E-state index is 0.235. The van der Waals surface area contributed by atoms with Crippen LogP contribution in [0, 0.1) is 0 Å². The van der Waals surface area contributed by atoms with Crippen molar-refractivity contribution in [3.05, 3.63) is 61.7 Å². The molecule has 1 heterocycles. The van der Waals surface area contributed by atoms with E-state index in [1.807, 2.05) is 13.0 Å². The zero-order valence-corrected chi connectivity index (χ0v) is 26.2. The molecule has 0 saturated carbocycles. The van der Waals surface area contributed by atoms with Crippen LogP contribution in [-0.4, -0.2) is 38.2 Å². The Kier molecular flexibility index (Phi) is 10.4. The number of benzene rings is 2. The van der Waals surface area contributed by atoms with Gasteiger partial charge in [-0.2, -0.15) is 0 Å². The molecule has 210 valence electrons. The predicted octanol–water partition coefficient (Wildman–Crippen LogP) is 8.05. The number of ether oxygens (including phenoxy) is 3. The summed E-state index contributed by atoms with van der Waals surface area (Å²) in [5, 5.41) is 1.16. The Labute approximate surface area is 247 Å². The van der Waals surface area contributed by atoms with Crippen LogP contribution in [0.5, 0.6) is 5.75 Å². The van der Waals surface area contributed by atoms with Crippen LogP contribution in [0.1, 0.15) is 80.5 Å². The zero-order chi connectivity index (χ0) is 28.1. The van der Waals surface area contributed by atoms with E-state index in [0.29, 0.717) is 37.9 Å². The fourth-order valence-corrected chi connectivity index (χ4v) is 6.87. The van der Waals surface area contributed by atoms with Crippen molar-refractivity contribution >= 4 is 54.4 Å². The lowest BCUT2D eigenvalue weighted by Crippen LogP contribution is -2.23. The number of furan rings is 1. The molecule has 0 aliphatic heterocycles. The van der Waals surface area contributed by atoms with Gasteiger partial charge in [0.25, 0.3) is 0 Å². The SMILES string of the molecule is CC(=O)CC1CCc2cc(Br)c3occc3c21.CCOC(COc1cc2c(cc1Br)CCC2CC(C)=O)OC. The van der Waals surface area contributed by atoms with Gasteiger partial charge >= 0.3 is 0 Å². The third-order valence-corrected chi connectivity index (χ3v) is 8.65. The minimum atomic E-state index is -0.377. The number of fused-ring (bicyclic) bond motifs is 4. The van der Waals surface area contributed by atoms with E-state index in [9.17, 15) is 9.59 Å². The van der Waals surface area contributed by atoms with E-state index in [1.165, 1.54) is 22.3 Å². The van der Waals surface area contributed by atoms with E-state index in [-0.39, 0.29) is 17.9 Å². The van der Waals surface area contributed by atoms with Crippen molar-refractivity contribution in [1.82, 2.24) is 0 Å². The van der Waals surface area contributed by atoms with Gasteiger partial charge in [0.15, 0.2) is 6.29 Å². The first-order chi connectivity index (χ1) is 18.7. The first-order valence-corrected chi connectivity index (χ1v) is 15.1. The highest BCUT2D eigenvalue weighted by Crippen LogP contribution is 2.43. The van der Waals surface area contributed by atoms with Crippen molar-refractivity contribution in [2.45, 2.75) is 77.4 Å². The highest BCUT2D eigenvalue weighted by atomic mass is 79.9. The fraction of sp³-hybridized carbons (Fsp3) is 0.484. The van der Waals surface area contributed by atoms with E-state index in [0.717, 1.165) is 51.3 Å². The summed E-state index contributed by atoms with van der Waals surface area (Å²) in [7, 11) is 1.60. The molecule has 0 radical (unpaired) electrons. The van der Waals surface area contributed by atoms with E-state index >= 15 is 0 Å². The average molecular weight is 664 g/mol. The Morgan fingerprint density at radius 1 is 1.00 bits per heavy atom. The number of Topliss-reactive ketones (excluding diaryl/α,β-unsaturated/α-hetero) is 2. The van der Waals surface area contributed by atoms with Gasteiger partial charge < -0.3 is 28.2 Å². The number of carbonyl (C=O) groups is 2. The topological polar surface area (TPSA) is 75.0 Å². The number of carbonyl (C=O) groups excluding carboxylic acids is 2. The van der Waals surface area contributed by atoms with Crippen molar-refractivity contribution in [3.8, 4) is 5.75 Å². The molecule has 6 nitrogen and oxygen atoms in total. The molecule has 8 heteroatoms. The van der Waals surface area contributed by atoms with Crippen LogP contribution in [0.2, 0.25) is 0 Å². The lowest BCUT2D eigenvalue weighted by Gasteiger charge is -2.18. The predicted molar refractivity (Wildman–Crippen MR) is 159 cm³/mol. The molecule has 0 N–H and O–H groups in total. The second-order valence-corrected chi connectivity index (χ2v) is 12.0. The molecule has 39 heavy (non-hydrogen) atoms. The van der Waals surface area contributed by atoms with Crippen molar-refractivity contribution in [2.24, 2.45) is 0 Å². The molecule has 3 unspecified atom stereocenters. The lowest BCUT2D eigenvalue weighted by molar-refractivity contribution is -0.137. The third kappa shape index (κ3) is 7.20. The maximum atomic E-state index is 11.4. The van der Waals surface area contributed by atoms with E-state index in [4.69, 9.17) is 18.6 Å². The molecule has 3 aromatic rings. The molecule has 2 aromatic carbocycles. The second kappa shape index (κ2) is 13.6. The summed E-state index contributed by atoms with van der Waals surface area (Å²) in [5.74, 6) is 1.96. The molecule has 2 aliphatic carbocycles. The summed E-state index contributed by atoms with van der Waals surface area (Å²) >= 11 is 7.10. The molecule has 0 saturated heterocycles. The molecule has 0 amide bonds. The summed E-state index contributed by atoms with van der Waals surface area (Å²) < 4.78 is 23.9. The third-order valence-electron chi connectivity index (χ3n) is 7.44. The molecule has 0 fully saturated rings. The van der Waals surface area contributed by atoms with Crippen LogP contribution in [0.15, 0.2) is 43.9 Å². The zero-order valence-electron chi connectivity index (χ0n) is 23.0. The Hall–Kier alpha value is -2.00. The van der Waals surface area contributed by atoms with E-state index < -0.39 is 0 Å². The van der Waals surface area contributed by atoms with Gasteiger partial charge in [-0.15, -0.1) is 0 Å². The quantitative estimate of drug-likeness (QED) is 0.204. The van der Waals surface area contributed by atoms with Crippen LogP contribution in [0.25, 0.3) is 11.0 Å². The van der Waals surface area contributed by atoms with Crippen molar-refractivity contribution in [1.29, 1.82) is 0 Å². The number of rotatable bonds is 10. The first kappa shape index (κ1) is 30.0. The highest BCUT2D eigenvalue weighted by Gasteiger charge is 2.28. The van der Waals surface area contributed by atoms with Gasteiger partial charge in [0.05, 0.1) is 15.2 Å². The van der Waals surface area contributed by atoms with Gasteiger partial charge in [0.2, 0.25) is 0 Å². The number of ketones is 2. The molecule has 0 spiro atoms. The fourth-order valence-electron chi connectivity index (χ4n) is 5.78. The maximum absolute atomic E-state index is 11.4. The van der Waals surface area contributed by atoms with Crippen LogP contribution in [0.4, 0.5) is 0 Å². The Balaban J connectivity index is 0.000000186. The highest BCUT2D eigenvalue weighted by molar-refractivity contribution is 9.11. The van der Waals surface area contributed by atoms with Gasteiger partial charge in [-0.1, -0.05) is 0 Å². The van der Waals surface area contributed by atoms with E-state index in [2.05, 4.69) is 50.1 Å². The number of halogens is 2. The van der Waals surface area contributed by atoms with Crippen molar-refractivity contribution in [2.75, 3.05) is 20.3 Å².